The first-order chi connectivity index (χ1) is 14.1. The monoisotopic (exact) mass is 398 g/mol. The zero-order valence-electron chi connectivity index (χ0n) is 16.9. The van der Waals surface area contributed by atoms with E-state index in [-0.39, 0.29) is 5.91 Å². The van der Waals surface area contributed by atoms with Gasteiger partial charge in [0.1, 0.15) is 6.61 Å². The van der Waals surface area contributed by atoms with E-state index < -0.39 is 0 Å². The Morgan fingerprint density at radius 2 is 1.69 bits per heavy atom. The van der Waals surface area contributed by atoms with Crippen molar-refractivity contribution in [3.05, 3.63) is 60.2 Å². The lowest BCUT2D eigenvalue weighted by molar-refractivity contribution is 0.0954. The van der Waals surface area contributed by atoms with Crippen LogP contribution in [0.25, 0.3) is 0 Å². The molecule has 0 bridgehead atoms. The molecule has 0 heterocycles. The Labute approximate surface area is 170 Å². The van der Waals surface area contributed by atoms with E-state index in [1.165, 1.54) is 6.21 Å². The maximum Gasteiger partial charge on any atom is 0.271 e. The van der Waals surface area contributed by atoms with Gasteiger partial charge in [-0.15, -0.1) is 0 Å². The second-order valence-corrected chi connectivity index (χ2v) is 5.74. The lowest BCUT2D eigenvalue weighted by Crippen LogP contribution is -2.17. The number of amides is 1. The van der Waals surface area contributed by atoms with Crippen LogP contribution < -0.4 is 24.4 Å². The number of methoxy groups -OCH3 is 1. The van der Waals surface area contributed by atoms with E-state index in [2.05, 4.69) is 17.1 Å². The molecule has 2 aromatic rings. The van der Waals surface area contributed by atoms with E-state index in [1.807, 2.05) is 13.8 Å². The molecule has 0 saturated carbocycles. The van der Waals surface area contributed by atoms with Crippen LogP contribution >= 0.6 is 0 Å². The highest BCUT2D eigenvalue weighted by atomic mass is 16.5. The Kier molecular flexibility index (Phi) is 8.56. The van der Waals surface area contributed by atoms with Gasteiger partial charge in [0, 0.05) is 5.56 Å². The Hall–Kier alpha value is -3.48. The van der Waals surface area contributed by atoms with Gasteiger partial charge in [0.15, 0.2) is 23.0 Å². The molecule has 2 aromatic carbocycles. The third-order valence-electron chi connectivity index (χ3n) is 3.73. The van der Waals surface area contributed by atoms with Gasteiger partial charge < -0.3 is 18.9 Å². The number of carbonyl (C=O) groups is 1. The first-order valence-electron chi connectivity index (χ1n) is 9.27. The number of hydrazone groups is 1. The van der Waals surface area contributed by atoms with Crippen LogP contribution in [0.1, 0.15) is 29.8 Å². The van der Waals surface area contributed by atoms with Crippen molar-refractivity contribution in [2.45, 2.75) is 13.8 Å². The van der Waals surface area contributed by atoms with Crippen LogP contribution in [0.5, 0.6) is 23.0 Å². The van der Waals surface area contributed by atoms with Gasteiger partial charge in [-0.25, -0.2) is 5.43 Å². The third kappa shape index (κ3) is 6.27. The number of nitrogens with one attached hydrogen (secondary N) is 1. The highest BCUT2D eigenvalue weighted by Crippen LogP contribution is 2.29. The van der Waals surface area contributed by atoms with Crippen molar-refractivity contribution in [2.24, 2.45) is 5.10 Å². The van der Waals surface area contributed by atoms with Gasteiger partial charge in [-0.3, -0.25) is 4.79 Å². The molecule has 29 heavy (non-hydrogen) atoms. The highest BCUT2D eigenvalue weighted by molar-refractivity contribution is 5.95. The first kappa shape index (κ1) is 21.8. The van der Waals surface area contributed by atoms with Crippen molar-refractivity contribution in [3.8, 4) is 23.0 Å². The van der Waals surface area contributed by atoms with Crippen LogP contribution in [-0.4, -0.2) is 39.1 Å². The number of benzene rings is 2. The fraction of sp³-hybridized carbons (Fsp3) is 0.273. The molecule has 0 aliphatic carbocycles. The van der Waals surface area contributed by atoms with Crippen LogP contribution in [0.15, 0.2) is 54.2 Å². The lowest BCUT2D eigenvalue weighted by atomic mass is 10.2. The second-order valence-electron chi connectivity index (χ2n) is 5.74. The second kappa shape index (κ2) is 11.4. The van der Waals surface area contributed by atoms with E-state index in [9.17, 15) is 4.79 Å². The van der Waals surface area contributed by atoms with Gasteiger partial charge in [0.2, 0.25) is 0 Å². The normalized spacial score (nSPS) is 10.4. The molecule has 154 valence electrons. The Bertz CT molecular complexity index is 864. The third-order valence-corrected chi connectivity index (χ3v) is 3.73. The Morgan fingerprint density at radius 1 is 1.00 bits per heavy atom. The molecule has 0 spiro atoms. The minimum atomic E-state index is -0.358. The molecule has 0 atom stereocenters. The number of nitrogens with zero attached hydrogens (tertiary/aromatic N) is 1. The molecule has 0 aliphatic heterocycles. The Morgan fingerprint density at radius 3 is 2.38 bits per heavy atom. The zero-order valence-corrected chi connectivity index (χ0v) is 16.9. The Balaban J connectivity index is 2.07. The molecular weight excluding hydrogens is 372 g/mol. The highest BCUT2D eigenvalue weighted by Gasteiger charge is 2.11. The largest absolute Gasteiger partial charge is 0.493 e. The number of ether oxygens (including phenoxy) is 4. The SMILES string of the molecule is C=CCOc1ccc(/C=N/NC(=O)c2ccc(OCC)c(OCC)c2)cc1OC. The predicted octanol–water partition coefficient (Wildman–Crippen LogP) is 3.82. The number of hydrogen-bond donors (Lipinski definition) is 1. The average Bonchev–Trinajstić information content (AvgIpc) is 2.74. The summed E-state index contributed by atoms with van der Waals surface area (Å²) in [5, 5.41) is 4.01. The van der Waals surface area contributed by atoms with Crippen molar-refractivity contribution >= 4 is 12.1 Å². The summed E-state index contributed by atoms with van der Waals surface area (Å²) in [6, 6.07) is 10.3. The fourth-order valence-corrected chi connectivity index (χ4v) is 2.45. The van der Waals surface area contributed by atoms with E-state index >= 15 is 0 Å². The maximum atomic E-state index is 12.4. The average molecular weight is 398 g/mol. The number of rotatable bonds is 11. The molecule has 1 N–H and O–H groups in total. The van der Waals surface area contributed by atoms with Gasteiger partial charge in [-0.1, -0.05) is 12.7 Å². The summed E-state index contributed by atoms with van der Waals surface area (Å²) in [4.78, 5) is 12.4. The quantitative estimate of drug-likeness (QED) is 0.354. The van der Waals surface area contributed by atoms with Crippen molar-refractivity contribution < 1.29 is 23.7 Å². The first-order valence-corrected chi connectivity index (χ1v) is 9.27. The summed E-state index contributed by atoms with van der Waals surface area (Å²) >= 11 is 0. The summed E-state index contributed by atoms with van der Waals surface area (Å²) in [6.45, 7) is 8.74. The van der Waals surface area contributed by atoms with Crippen molar-refractivity contribution in [1.29, 1.82) is 0 Å². The predicted molar refractivity (Wildman–Crippen MR) is 113 cm³/mol. The smallest absolute Gasteiger partial charge is 0.271 e. The molecule has 7 nitrogen and oxygen atoms in total. The van der Waals surface area contributed by atoms with Crippen molar-refractivity contribution in [1.82, 2.24) is 5.43 Å². The van der Waals surface area contributed by atoms with E-state index in [0.29, 0.717) is 48.4 Å². The minimum absolute atomic E-state index is 0.358. The van der Waals surface area contributed by atoms with Gasteiger partial charge >= 0.3 is 0 Å². The summed E-state index contributed by atoms with van der Waals surface area (Å²) in [5.41, 5.74) is 3.67. The van der Waals surface area contributed by atoms with Crippen LogP contribution in [0.3, 0.4) is 0 Å². The van der Waals surface area contributed by atoms with Gasteiger partial charge in [-0.05, 0) is 55.8 Å². The summed E-state index contributed by atoms with van der Waals surface area (Å²) < 4.78 is 21.9. The van der Waals surface area contributed by atoms with Crippen LogP contribution in [0.2, 0.25) is 0 Å². The van der Waals surface area contributed by atoms with Crippen LogP contribution in [0.4, 0.5) is 0 Å². The number of carbonyl (C=O) groups excluding carboxylic acids is 1. The molecule has 0 saturated heterocycles. The van der Waals surface area contributed by atoms with Crippen molar-refractivity contribution in [3.63, 3.8) is 0 Å². The summed E-state index contributed by atoms with van der Waals surface area (Å²) in [5.74, 6) is 1.93. The molecule has 0 aromatic heterocycles. The molecular formula is C22H26N2O5. The molecule has 0 aliphatic rings. The standard InChI is InChI=1S/C22H26N2O5/c1-5-12-29-18-10-8-16(13-20(18)26-4)15-23-24-22(25)17-9-11-19(27-6-2)21(14-17)28-7-3/h5,8-11,13-15H,1,6-7,12H2,2-4H3,(H,24,25)/b23-15+. The molecule has 1 amide bonds. The van der Waals surface area contributed by atoms with Crippen LogP contribution in [-0.2, 0) is 0 Å². The van der Waals surface area contributed by atoms with E-state index in [4.69, 9.17) is 18.9 Å². The zero-order chi connectivity index (χ0) is 21.1. The topological polar surface area (TPSA) is 78.4 Å². The molecule has 7 heteroatoms. The van der Waals surface area contributed by atoms with E-state index in [1.54, 1.807) is 49.6 Å². The summed E-state index contributed by atoms with van der Waals surface area (Å²) in [6.07, 6.45) is 3.18. The molecule has 0 radical (unpaired) electrons. The number of hydrogen-bond acceptors (Lipinski definition) is 6. The summed E-state index contributed by atoms with van der Waals surface area (Å²) in [7, 11) is 1.56. The fourth-order valence-electron chi connectivity index (χ4n) is 2.45. The van der Waals surface area contributed by atoms with E-state index in [0.717, 1.165) is 5.56 Å². The lowest BCUT2D eigenvalue weighted by Gasteiger charge is -2.11. The minimum Gasteiger partial charge on any atom is -0.493 e. The van der Waals surface area contributed by atoms with Gasteiger partial charge in [0.25, 0.3) is 5.91 Å². The molecule has 0 fully saturated rings. The van der Waals surface area contributed by atoms with Gasteiger partial charge in [-0.2, -0.15) is 5.10 Å². The van der Waals surface area contributed by atoms with Crippen molar-refractivity contribution in [2.75, 3.05) is 26.9 Å². The maximum absolute atomic E-state index is 12.4. The molecule has 2 rings (SSSR count). The molecule has 0 unspecified atom stereocenters. The van der Waals surface area contributed by atoms with Crippen LogP contribution in [0, 0.1) is 0 Å². The van der Waals surface area contributed by atoms with Gasteiger partial charge in [0.05, 0.1) is 26.5 Å².